The van der Waals surface area contributed by atoms with Crippen LogP contribution in [0.15, 0.2) is 36.9 Å². The molecule has 0 fully saturated rings. The zero-order chi connectivity index (χ0) is 13.8. The van der Waals surface area contributed by atoms with Crippen molar-refractivity contribution in [3.63, 3.8) is 0 Å². The van der Waals surface area contributed by atoms with E-state index in [-0.39, 0.29) is 0 Å². The highest BCUT2D eigenvalue weighted by Crippen LogP contribution is 2.13. The van der Waals surface area contributed by atoms with Crippen LogP contribution < -0.4 is 10.1 Å². The standard InChI is InChI=1S/C17H27NO/c1-3-5-6-7-8-14-19-17-11-9-16(10-12-17)15-18-13-4-2/h3,9-12,18H,1,4-8,13-15H2,2H3. The summed E-state index contributed by atoms with van der Waals surface area (Å²) in [6, 6.07) is 8.39. The number of ether oxygens (including phenoxy) is 1. The Morgan fingerprint density at radius 3 is 2.63 bits per heavy atom. The Hall–Kier alpha value is -1.28. The number of benzene rings is 1. The summed E-state index contributed by atoms with van der Waals surface area (Å²) < 4.78 is 5.72. The maximum atomic E-state index is 5.72. The van der Waals surface area contributed by atoms with Crippen molar-refractivity contribution in [3.05, 3.63) is 42.5 Å². The second-order valence-corrected chi connectivity index (χ2v) is 4.81. The van der Waals surface area contributed by atoms with Gasteiger partial charge in [0.15, 0.2) is 0 Å². The third-order valence-corrected chi connectivity index (χ3v) is 3.00. The largest absolute Gasteiger partial charge is 0.494 e. The minimum Gasteiger partial charge on any atom is -0.494 e. The van der Waals surface area contributed by atoms with Crippen molar-refractivity contribution in [1.82, 2.24) is 5.32 Å². The quantitative estimate of drug-likeness (QED) is 0.473. The van der Waals surface area contributed by atoms with Gasteiger partial charge in [-0.2, -0.15) is 0 Å². The van der Waals surface area contributed by atoms with E-state index in [1.54, 1.807) is 0 Å². The fourth-order valence-electron chi connectivity index (χ4n) is 1.87. The Morgan fingerprint density at radius 2 is 1.95 bits per heavy atom. The van der Waals surface area contributed by atoms with Crippen molar-refractivity contribution < 1.29 is 4.74 Å². The topological polar surface area (TPSA) is 21.3 Å². The smallest absolute Gasteiger partial charge is 0.119 e. The summed E-state index contributed by atoms with van der Waals surface area (Å²) >= 11 is 0. The molecule has 2 nitrogen and oxygen atoms in total. The van der Waals surface area contributed by atoms with Crippen LogP contribution in [-0.2, 0) is 6.54 Å². The van der Waals surface area contributed by atoms with Crippen LogP contribution in [0, 0.1) is 0 Å². The third kappa shape index (κ3) is 7.68. The average molecular weight is 261 g/mol. The van der Waals surface area contributed by atoms with Gasteiger partial charge in [-0.25, -0.2) is 0 Å². The van der Waals surface area contributed by atoms with E-state index in [1.165, 1.54) is 24.8 Å². The lowest BCUT2D eigenvalue weighted by Gasteiger charge is -2.07. The second-order valence-electron chi connectivity index (χ2n) is 4.81. The van der Waals surface area contributed by atoms with E-state index in [0.717, 1.165) is 38.3 Å². The normalized spacial score (nSPS) is 10.4. The molecule has 0 saturated carbocycles. The van der Waals surface area contributed by atoms with Crippen LogP contribution >= 0.6 is 0 Å². The Morgan fingerprint density at radius 1 is 1.16 bits per heavy atom. The Labute approximate surface area is 117 Å². The van der Waals surface area contributed by atoms with Crippen molar-refractivity contribution >= 4 is 0 Å². The minimum absolute atomic E-state index is 0.810. The van der Waals surface area contributed by atoms with Crippen molar-refractivity contribution in [2.75, 3.05) is 13.2 Å². The van der Waals surface area contributed by atoms with E-state index < -0.39 is 0 Å². The number of nitrogens with one attached hydrogen (secondary N) is 1. The number of unbranched alkanes of at least 4 members (excludes halogenated alkanes) is 3. The summed E-state index contributed by atoms with van der Waals surface area (Å²) in [4.78, 5) is 0. The van der Waals surface area contributed by atoms with Crippen LogP contribution in [0.4, 0.5) is 0 Å². The molecule has 1 rings (SSSR count). The number of allylic oxidation sites excluding steroid dienone is 1. The van der Waals surface area contributed by atoms with Gasteiger partial charge in [0, 0.05) is 6.54 Å². The zero-order valence-electron chi connectivity index (χ0n) is 12.2. The predicted octanol–water partition coefficient (Wildman–Crippen LogP) is 4.31. The Kier molecular flexibility index (Phi) is 8.82. The summed E-state index contributed by atoms with van der Waals surface area (Å²) in [7, 11) is 0. The maximum Gasteiger partial charge on any atom is 0.119 e. The highest BCUT2D eigenvalue weighted by Gasteiger charge is 1.96. The monoisotopic (exact) mass is 261 g/mol. The molecule has 0 amide bonds. The molecular weight excluding hydrogens is 234 g/mol. The van der Waals surface area contributed by atoms with E-state index in [1.807, 2.05) is 6.08 Å². The lowest BCUT2D eigenvalue weighted by atomic mass is 10.2. The van der Waals surface area contributed by atoms with Gasteiger partial charge in [-0.3, -0.25) is 0 Å². The van der Waals surface area contributed by atoms with Gasteiger partial charge < -0.3 is 10.1 Å². The summed E-state index contributed by atoms with van der Waals surface area (Å²) in [5.41, 5.74) is 1.31. The van der Waals surface area contributed by atoms with Gasteiger partial charge in [-0.15, -0.1) is 6.58 Å². The minimum atomic E-state index is 0.810. The molecule has 1 aromatic rings. The Bertz CT molecular complexity index is 332. The molecule has 1 N–H and O–H groups in total. The van der Waals surface area contributed by atoms with Gasteiger partial charge in [0.25, 0.3) is 0 Å². The molecule has 1 aromatic carbocycles. The Balaban J connectivity index is 2.15. The van der Waals surface area contributed by atoms with E-state index in [2.05, 4.69) is 43.1 Å². The third-order valence-electron chi connectivity index (χ3n) is 3.00. The first-order chi connectivity index (χ1) is 9.36. The van der Waals surface area contributed by atoms with Gasteiger partial charge in [-0.1, -0.05) is 25.1 Å². The van der Waals surface area contributed by atoms with Gasteiger partial charge in [-0.05, 0) is 56.3 Å². The second kappa shape index (κ2) is 10.6. The molecule has 0 atom stereocenters. The lowest BCUT2D eigenvalue weighted by molar-refractivity contribution is 0.305. The van der Waals surface area contributed by atoms with Gasteiger partial charge in [0.2, 0.25) is 0 Å². The van der Waals surface area contributed by atoms with Crippen LogP contribution in [0.5, 0.6) is 5.75 Å². The average Bonchev–Trinajstić information content (AvgIpc) is 2.44. The fourth-order valence-corrected chi connectivity index (χ4v) is 1.87. The SMILES string of the molecule is C=CCCCCCOc1ccc(CNCCC)cc1. The molecule has 0 unspecified atom stereocenters. The number of rotatable bonds is 11. The molecule has 106 valence electrons. The molecule has 0 saturated heterocycles. The van der Waals surface area contributed by atoms with Crippen LogP contribution in [0.2, 0.25) is 0 Å². The molecule has 0 bridgehead atoms. The summed E-state index contributed by atoms with van der Waals surface area (Å²) in [6.45, 7) is 8.73. The van der Waals surface area contributed by atoms with Crippen LogP contribution in [-0.4, -0.2) is 13.2 Å². The van der Waals surface area contributed by atoms with E-state index in [4.69, 9.17) is 4.74 Å². The van der Waals surface area contributed by atoms with Gasteiger partial charge in [0.05, 0.1) is 6.61 Å². The van der Waals surface area contributed by atoms with Crippen LogP contribution in [0.3, 0.4) is 0 Å². The number of hydrogen-bond acceptors (Lipinski definition) is 2. The molecule has 0 spiro atoms. The highest BCUT2D eigenvalue weighted by molar-refractivity contribution is 5.27. The van der Waals surface area contributed by atoms with Gasteiger partial charge in [0.1, 0.15) is 5.75 Å². The first-order valence-electron chi connectivity index (χ1n) is 7.40. The molecule has 0 aliphatic rings. The summed E-state index contributed by atoms with van der Waals surface area (Å²) in [5.74, 6) is 0.975. The van der Waals surface area contributed by atoms with E-state index in [0.29, 0.717) is 0 Å². The molecule has 19 heavy (non-hydrogen) atoms. The van der Waals surface area contributed by atoms with Crippen molar-refractivity contribution in [3.8, 4) is 5.75 Å². The first kappa shape index (κ1) is 15.8. The predicted molar refractivity (Wildman–Crippen MR) is 82.6 cm³/mol. The zero-order valence-corrected chi connectivity index (χ0v) is 12.2. The van der Waals surface area contributed by atoms with Crippen LogP contribution in [0.25, 0.3) is 0 Å². The summed E-state index contributed by atoms with van der Waals surface area (Å²) in [5, 5.41) is 3.39. The van der Waals surface area contributed by atoms with Crippen molar-refractivity contribution in [1.29, 1.82) is 0 Å². The molecule has 0 aromatic heterocycles. The summed E-state index contributed by atoms with van der Waals surface area (Å²) in [6.07, 6.45) is 7.81. The molecule has 0 aliphatic heterocycles. The molecule has 0 aliphatic carbocycles. The highest BCUT2D eigenvalue weighted by atomic mass is 16.5. The maximum absolute atomic E-state index is 5.72. The van der Waals surface area contributed by atoms with Crippen molar-refractivity contribution in [2.24, 2.45) is 0 Å². The van der Waals surface area contributed by atoms with Crippen LogP contribution in [0.1, 0.15) is 44.6 Å². The fraction of sp³-hybridized carbons (Fsp3) is 0.529. The lowest BCUT2D eigenvalue weighted by Crippen LogP contribution is -2.13. The molecule has 2 heteroatoms. The molecule has 0 heterocycles. The van der Waals surface area contributed by atoms with E-state index in [9.17, 15) is 0 Å². The first-order valence-corrected chi connectivity index (χ1v) is 7.40. The van der Waals surface area contributed by atoms with E-state index >= 15 is 0 Å². The van der Waals surface area contributed by atoms with Crippen molar-refractivity contribution in [2.45, 2.75) is 45.6 Å². The molecule has 0 radical (unpaired) electrons. The molecular formula is C17H27NO. The van der Waals surface area contributed by atoms with Gasteiger partial charge >= 0.3 is 0 Å². The number of hydrogen-bond donors (Lipinski definition) is 1.